The quantitative estimate of drug-likeness (QED) is 0.583. The third-order valence-electron chi connectivity index (χ3n) is 0.933. The Balaban J connectivity index is 3.01. The lowest BCUT2D eigenvalue weighted by molar-refractivity contribution is 0.413. The molecule has 0 heterocycles. The third-order valence-corrected chi connectivity index (χ3v) is 1.08. The Morgan fingerprint density at radius 3 is 2.44 bits per heavy atom. The van der Waals surface area contributed by atoms with Crippen molar-refractivity contribution in [3.8, 4) is 0 Å². The standard InChI is InChI=1S/C6H14N2S/c1-6(9)7-4-5-8(2)3/h4-5H2,1-3H3,(H,7,9). The van der Waals surface area contributed by atoms with Gasteiger partial charge in [0, 0.05) is 13.1 Å². The Kier molecular flexibility index (Phi) is 4.62. The summed E-state index contributed by atoms with van der Waals surface area (Å²) in [7, 11) is 4.08. The topological polar surface area (TPSA) is 15.3 Å². The van der Waals surface area contributed by atoms with Crippen molar-refractivity contribution in [3.63, 3.8) is 0 Å². The summed E-state index contributed by atoms with van der Waals surface area (Å²) < 4.78 is 0. The van der Waals surface area contributed by atoms with Crippen LogP contribution in [0.4, 0.5) is 0 Å². The summed E-state index contributed by atoms with van der Waals surface area (Å²) in [6.07, 6.45) is 0. The van der Waals surface area contributed by atoms with Crippen molar-refractivity contribution in [1.29, 1.82) is 0 Å². The molecule has 0 aliphatic carbocycles. The minimum absolute atomic E-state index is 0.872. The normalized spacial score (nSPS) is 9.78. The summed E-state index contributed by atoms with van der Waals surface area (Å²) in [5, 5.41) is 3.07. The van der Waals surface area contributed by atoms with E-state index in [0.717, 1.165) is 18.1 Å². The molecule has 0 aliphatic rings. The van der Waals surface area contributed by atoms with Crippen molar-refractivity contribution in [3.05, 3.63) is 0 Å². The molecule has 0 unspecified atom stereocenters. The number of thiocarbonyl (C=S) groups is 1. The van der Waals surface area contributed by atoms with Crippen LogP contribution in [-0.4, -0.2) is 37.1 Å². The Hall–Kier alpha value is -0.150. The molecular formula is C6H14N2S. The smallest absolute Gasteiger partial charge is 0.0722 e. The van der Waals surface area contributed by atoms with Crippen LogP contribution in [0.5, 0.6) is 0 Å². The van der Waals surface area contributed by atoms with Gasteiger partial charge in [0.25, 0.3) is 0 Å². The molecule has 54 valence electrons. The van der Waals surface area contributed by atoms with Crippen LogP contribution in [0.25, 0.3) is 0 Å². The highest BCUT2D eigenvalue weighted by molar-refractivity contribution is 7.80. The molecule has 0 rings (SSSR count). The average Bonchev–Trinajstić information content (AvgIpc) is 1.63. The molecule has 0 atom stereocenters. The van der Waals surface area contributed by atoms with E-state index in [4.69, 9.17) is 12.2 Å². The van der Waals surface area contributed by atoms with Gasteiger partial charge < -0.3 is 10.2 Å². The molecule has 0 saturated carbocycles. The van der Waals surface area contributed by atoms with Gasteiger partial charge in [-0.25, -0.2) is 0 Å². The van der Waals surface area contributed by atoms with Gasteiger partial charge in [-0.2, -0.15) is 0 Å². The van der Waals surface area contributed by atoms with Crippen molar-refractivity contribution < 1.29 is 0 Å². The molecule has 0 fully saturated rings. The van der Waals surface area contributed by atoms with E-state index in [1.54, 1.807) is 0 Å². The van der Waals surface area contributed by atoms with Gasteiger partial charge in [0.1, 0.15) is 0 Å². The van der Waals surface area contributed by atoms with Gasteiger partial charge in [-0.05, 0) is 21.0 Å². The summed E-state index contributed by atoms with van der Waals surface area (Å²) in [6.45, 7) is 3.88. The zero-order valence-electron chi connectivity index (χ0n) is 6.27. The maximum absolute atomic E-state index is 4.82. The highest BCUT2D eigenvalue weighted by Crippen LogP contribution is 1.71. The molecule has 0 aliphatic heterocycles. The zero-order valence-corrected chi connectivity index (χ0v) is 7.09. The number of likely N-dealkylation sites (N-methyl/N-ethyl adjacent to an activating group) is 1. The Morgan fingerprint density at radius 2 is 2.11 bits per heavy atom. The number of hydrogen-bond acceptors (Lipinski definition) is 2. The molecule has 3 heteroatoms. The second-order valence-electron chi connectivity index (χ2n) is 2.29. The van der Waals surface area contributed by atoms with Gasteiger partial charge in [0.15, 0.2) is 0 Å². The van der Waals surface area contributed by atoms with Gasteiger partial charge in [-0.15, -0.1) is 0 Å². The van der Waals surface area contributed by atoms with E-state index in [-0.39, 0.29) is 0 Å². The third kappa shape index (κ3) is 7.85. The summed E-state index contributed by atoms with van der Waals surface area (Å²) >= 11 is 4.82. The van der Waals surface area contributed by atoms with Crippen LogP contribution in [0.3, 0.4) is 0 Å². The van der Waals surface area contributed by atoms with E-state index in [1.165, 1.54) is 0 Å². The van der Waals surface area contributed by atoms with E-state index in [0.29, 0.717) is 0 Å². The summed E-state index contributed by atoms with van der Waals surface area (Å²) in [4.78, 5) is 2.99. The minimum atomic E-state index is 0.872. The van der Waals surface area contributed by atoms with Gasteiger partial charge in [0.05, 0.1) is 4.99 Å². The molecule has 0 aromatic heterocycles. The molecule has 0 saturated heterocycles. The molecule has 0 radical (unpaired) electrons. The predicted octanol–water partition coefficient (Wildman–Crippen LogP) is 0.485. The molecule has 2 nitrogen and oxygen atoms in total. The van der Waals surface area contributed by atoms with Crippen molar-refractivity contribution in [2.75, 3.05) is 27.2 Å². The molecule has 0 aromatic rings. The fraction of sp³-hybridized carbons (Fsp3) is 0.833. The van der Waals surface area contributed by atoms with E-state index >= 15 is 0 Å². The molecule has 0 spiro atoms. The zero-order chi connectivity index (χ0) is 7.28. The van der Waals surface area contributed by atoms with Crippen LogP contribution in [0.1, 0.15) is 6.92 Å². The molecule has 1 N–H and O–H groups in total. The predicted molar refractivity (Wildman–Crippen MR) is 44.8 cm³/mol. The lowest BCUT2D eigenvalue weighted by Crippen LogP contribution is -2.28. The number of hydrogen-bond donors (Lipinski definition) is 1. The van der Waals surface area contributed by atoms with Gasteiger partial charge >= 0.3 is 0 Å². The molecular weight excluding hydrogens is 132 g/mol. The van der Waals surface area contributed by atoms with Crippen molar-refractivity contribution in [2.45, 2.75) is 6.92 Å². The molecule has 0 amide bonds. The van der Waals surface area contributed by atoms with Crippen molar-refractivity contribution in [2.24, 2.45) is 0 Å². The lowest BCUT2D eigenvalue weighted by atomic mass is 10.5. The van der Waals surface area contributed by atoms with Crippen LogP contribution in [0, 0.1) is 0 Å². The maximum Gasteiger partial charge on any atom is 0.0722 e. The van der Waals surface area contributed by atoms with E-state index in [9.17, 15) is 0 Å². The van der Waals surface area contributed by atoms with Gasteiger partial charge in [-0.1, -0.05) is 12.2 Å². The van der Waals surface area contributed by atoms with E-state index in [2.05, 4.69) is 10.2 Å². The van der Waals surface area contributed by atoms with Crippen LogP contribution >= 0.6 is 12.2 Å². The van der Waals surface area contributed by atoms with Crippen LogP contribution in [-0.2, 0) is 0 Å². The first-order valence-corrected chi connectivity index (χ1v) is 3.43. The Morgan fingerprint density at radius 1 is 1.56 bits per heavy atom. The van der Waals surface area contributed by atoms with Crippen LogP contribution in [0.15, 0.2) is 0 Å². The number of nitrogens with one attached hydrogen (secondary N) is 1. The molecule has 0 bridgehead atoms. The Bertz CT molecular complexity index is 91.1. The van der Waals surface area contributed by atoms with Crippen LogP contribution < -0.4 is 5.32 Å². The summed E-state index contributed by atoms with van der Waals surface area (Å²) in [5.74, 6) is 0. The largest absolute Gasteiger partial charge is 0.379 e. The first-order chi connectivity index (χ1) is 4.13. The molecule has 9 heavy (non-hydrogen) atoms. The van der Waals surface area contributed by atoms with Gasteiger partial charge in [0.2, 0.25) is 0 Å². The second kappa shape index (κ2) is 4.70. The maximum atomic E-state index is 4.82. The van der Waals surface area contributed by atoms with E-state index < -0.39 is 0 Å². The highest BCUT2D eigenvalue weighted by atomic mass is 32.1. The SMILES string of the molecule is CC(=S)NCCN(C)C. The Labute approximate surface area is 62.2 Å². The minimum Gasteiger partial charge on any atom is -0.379 e. The highest BCUT2D eigenvalue weighted by Gasteiger charge is 1.87. The lowest BCUT2D eigenvalue weighted by Gasteiger charge is -2.09. The first kappa shape index (κ1) is 8.85. The van der Waals surface area contributed by atoms with Crippen LogP contribution in [0.2, 0.25) is 0 Å². The second-order valence-corrected chi connectivity index (χ2v) is 2.90. The fourth-order valence-electron chi connectivity index (χ4n) is 0.456. The first-order valence-electron chi connectivity index (χ1n) is 3.02. The summed E-state index contributed by atoms with van der Waals surface area (Å²) in [5.41, 5.74) is 0. The average molecular weight is 146 g/mol. The number of nitrogens with zero attached hydrogens (tertiary/aromatic N) is 1. The number of rotatable bonds is 3. The monoisotopic (exact) mass is 146 g/mol. The van der Waals surface area contributed by atoms with Crippen molar-refractivity contribution >= 4 is 17.2 Å². The summed E-state index contributed by atoms with van der Waals surface area (Å²) in [6, 6.07) is 0. The van der Waals surface area contributed by atoms with Crippen molar-refractivity contribution in [1.82, 2.24) is 10.2 Å². The van der Waals surface area contributed by atoms with E-state index in [1.807, 2.05) is 21.0 Å². The van der Waals surface area contributed by atoms with Gasteiger partial charge in [-0.3, -0.25) is 0 Å². The molecule has 0 aromatic carbocycles. The fourth-order valence-corrected chi connectivity index (χ4v) is 0.558.